The van der Waals surface area contributed by atoms with Crippen LogP contribution in [0, 0.1) is 6.92 Å². The van der Waals surface area contributed by atoms with Crippen molar-refractivity contribution in [2.45, 2.75) is 19.8 Å². The average molecular weight is 283 g/mol. The quantitative estimate of drug-likeness (QED) is 0.669. The summed E-state index contributed by atoms with van der Waals surface area (Å²) in [7, 11) is 2.72. The molecule has 1 amide bonds. The fourth-order valence-electron chi connectivity index (χ4n) is 1.70. The SMILES string of the molecule is COC(=O)CN(C)C(=O)CCc1c(C)[nH]c(=O)[nH]c1=O. The van der Waals surface area contributed by atoms with Crippen LogP contribution in [0.1, 0.15) is 17.7 Å². The normalized spacial score (nSPS) is 10.2. The molecule has 8 nitrogen and oxygen atoms in total. The van der Waals surface area contributed by atoms with Gasteiger partial charge >= 0.3 is 11.7 Å². The maximum absolute atomic E-state index is 11.8. The smallest absolute Gasteiger partial charge is 0.325 e. The minimum Gasteiger partial charge on any atom is -0.468 e. The highest BCUT2D eigenvalue weighted by Gasteiger charge is 2.15. The molecule has 0 saturated heterocycles. The number of methoxy groups -OCH3 is 1. The van der Waals surface area contributed by atoms with Crippen LogP contribution in [-0.4, -0.2) is 47.4 Å². The number of carbonyl (C=O) groups excluding carboxylic acids is 2. The molecule has 8 heteroatoms. The summed E-state index contributed by atoms with van der Waals surface area (Å²) in [6, 6.07) is 0. The zero-order valence-corrected chi connectivity index (χ0v) is 11.6. The number of amides is 1. The molecule has 0 aromatic carbocycles. The standard InChI is InChI=1S/C12H17N3O5/c1-7-8(11(18)14-12(19)13-7)4-5-9(16)15(2)6-10(17)20-3/h4-6H2,1-3H3,(H2,13,14,18,19). The third kappa shape index (κ3) is 4.08. The number of hydrogen-bond acceptors (Lipinski definition) is 5. The van der Waals surface area contributed by atoms with Gasteiger partial charge in [0.15, 0.2) is 0 Å². The first-order chi connectivity index (χ1) is 9.35. The van der Waals surface area contributed by atoms with Gasteiger partial charge in [0.1, 0.15) is 6.54 Å². The van der Waals surface area contributed by atoms with E-state index in [4.69, 9.17) is 0 Å². The Morgan fingerprint density at radius 1 is 1.25 bits per heavy atom. The Bertz CT molecular complexity index is 616. The van der Waals surface area contributed by atoms with E-state index in [1.165, 1.54) is 19.1 Å². The average Bonchev–Trinajstić information content (AvgIpc) is 2.36. The fraction of sp³-hybridized carbons (Fsp3) is 0.500. The highest BCUT2D eigenvalue weighted by Crippen LogP contribution is 2.02. The van der Waals surface area contributed by atoms with Gasteiger partial charge in [-0.3, -0.25) is 19.4 Å². The molecule has 20 heavy (non-hydrogen) atoms. The van der Waals surface area contributed by atoms with Gasteiger partial charge in [0.2, 0.25) is 5.91 Å². The van der Waals surface area contributed by atoms with Gasteiger partial charge in [-0.05, 0) is 13.3 Å². The van der Waals surface area contributed by atoms with Crippen LogP contribution in [0.5, 0.6) is 0 Å². The van der Waals surface area contributed by atoms with Crippen LogP contribution in [0.3, 0.4) is 0 Å². The van der Waals surface area contributed by atoms with E-state index in [0.717, 1.165) is 0 Å². The summed E-state index contributed by atoms with van der Waals surface area (Å²) in [5.74, 6) is -0.806. The summed E-state index contributed by atoms with van der Waals surface area (Å²) in [6.07, 6.45) is 0.242. The van der Waals surface area contributed by atoms with Crippen LogP contribution < -0.4 is 11.2 Å². The van der Waals surface area contributed by atoms with Gasteiger partial charge < -0.3 is 14.6 Å². The van der Waals surface area contributed by atoms with E-state index in [-0.39, 0.29) is 25.3 Å². The Morgan fingerprint density at radius 3 is 2.45 bits per heavy atom. The van der Waals surface area contributed by atoms with Crippen molar-refractivity contribution >= 4 is 11.9 Å². The lowest BCUT2D eigenvalue weighted by atomic mass is 10.1. The van der Waals surface area contributed by atoms with Gasteiger partial charge in [-0.15, -0.1) is 0 Å². The third-order valence-electron chi connectivity index (χ3n) is 2.86. The van der Waals surface area contributed by atoms with Crippen molar-refractivity contribution in [3.63, 3.8) is 0 Å². The number of hydrogen-bond donors (Lipinski definition) is 2. The Balaban J connectivity index is 2.68. The van der Waals surface area contributed by atoms with Crippen molar-refractivity contribution in [2.24, 2.45) is 0 Å². The van der Waals surface area contributed by atoms with E-state index >= 15 is 0 Å². The molecule has 1 rings (SSSR count). The van der Waals surface area contributed by atoms with E-state index in [9.17, 15) is 19.2 Å². The molecule has 0 bridgehead atoms. The second-order valence-electron chi connectivity index (χ2n) is 4.34. The number of H-pyrrole nitrogens is 2. The summed E-state index contributed by atoms with van der Waals surface area (Å²) in [5.41, 5.74) is -0.299. The van der Waals surface area contributed by atoms with Crippen molar-refractivity contribution in [3.8, 4) is 0 Å². The topological polar surface area (TPSA) is 112 Å². The second-order valence-corrected chi connectivity index (χ2v) is 4.34. The van der Waals surface area contributed by atoms with Crippen molar-refractivity contribution in [1.82, 2.24) is 14.9 Å². The predicted molar refractivity (Wildman–Crippen MR) is 70.4 cm³/mol. The molecule has 0 atom stereocenters. The zero-order valence-electron chi connectivity index (χ0n) is 11.6. The zero-order chi connectivity index (χ0) is 15.3. The number of esters is 1. The van der Waals surface area contributed by atoms with Gasteiger partial charge in [-0.25, -0.2) is 4.79 Å². The maximum Gasteiger partial charge on any atom is 0.325 e. The Labute approximate surface area is 114 Å². The number of rotatable bonds is 5. The monoisotopic (exact) mass is 283 g/mol. The Hall–Kier alpha value is -2.38. The van der Waals surface area contributed by atoms with Crippen LogP contribution in [0.2, 0.25) is 0 Å². The van der Waals surface area contributed by atoms with E-state index in [1.807, 2.05) is 0 Å². The minimum absolute atomic E-state index is 0.0590. The third-order valence-corrected chi connectivity index (χ3v) is 2.86. The lowest BCUT2D eigenvalue weighted by Crippen LogP contribution is -2.33. The number of aryl methyl sites for hydroxylation is 1. The molecule has 0 spiro atoms. The number of likely N-dealkylation sites (N-methyl/N-ethyl adjacent to an activating group) is 1. The largest absolute Gasteiger partial charge is 0.468 e. The molecule has 0 fully saturated rings. The Kier molecular flexibility index (Phi) is 5.24. The molecule has 1 aromatic heterocycles. The molecule has 0 saturated carbocycles. The van der Waals surface area contributed by atoms with Crippen LogP contribution in [0.4, 0.5) is 0 Å². The summed E-state index contributed by atoms with van der Waals surface area (Å²) in [5, 5.41) is 0. The lowest BCUT2D eigenvalue weighted by Gasteiger charge is -2.15. The van der Waals surface area contributed by atoms with Crippen LogP contribution in [-0.2, 0) is 20.7 Å². The first-order valence-electron chi connectivity index (χ1n) is 5.98. The molecular weight excluding hydrogens is 266 g/mol. The number of aromatic nitrogens is 2. The summed E-state index contributed by atoms with van der Waals surface area (Å²) < 4.78 is 4.46. The molecule has 0 aliphatic rings. The van der Waals surface area contributed by atoms with Crippen molar-refractivity contribution in [1.29, 1.82) is 0 Å². The summed E-state index contributed by atoms with van der Waals surface area (Å²) >= 11 is 0. The first-order valence-corrected chi connectivity index (χ1v) is 5.98. The molecule has 1 aromatic rings. The highest BCUT2D eigenvalue weighted by atomic mass is 16.5. The molecule has 1 heterocycles. The number of nitrogens with zero attached hydrogens (tertiary/aromatic N) is 1. The molecule has 0 radical (unpaired) electrons. The molecule has 110 valence electrons. The van der Waals surface area contributed by atoms with Crippen LogP contribution >= 0.6 is 0 Å². The molecular formula is C12H17N3O5. The Morgan fingerprint density at radius 2 is 1.90 bits per heavy atom. The first kappa shape index (κ1) is 15.7. The lowest BCUT2D eigenvalue weighted by molar-refractivity contribution is -0.146. The van der Waals surface area contributed by atoms with E-state index < -0.39 is 17.2 Å². The van der Waals surface area contributed by atoms with Crippen molar-refractivity contribution in [3.05, 3.63) is 32.1 Å². The van der Waals surface area contributed by atoms with E-state index in [0.29, 0.717) is 11.3 Å². The number of ether oxygens (including phenoxy) is 1. The maximum atomic E-state index is 11.8. The molecule has 2 N–H and O–H groups in total. The minimum atomic E-state index is -0.578. The van der Waals surface area contributed by atoms with Gasteiger partial charge in [-0.1, -0.05) is 0 Å². The van der Waals surface area contributed by atoms with E-state index in [2.05, 4.69) is 14.7 Å². The molecule has 0 aliphatic carbocycles. The number of aromatic amines is 2. The highest BCUT2D eigenvalue weighted by molar-refractivity contribution is 5.81. The second kappa shape index (κ2) is 6.69. The van der Waals surface area contributed by atoms with Gasteiger partial charge in [-0.2, -0.15) is 0 Å². The fourth-order valence-corrected chi connectivity index (χ4v) is 1.70. The van der Waals surface area contributed by atoms with E-state index in [1.54, 1.807) is 6.92 Å². The van der Waals surface area contributed by atoms with Crippen LogP contribution in [0.25, 0.3) is 0 Å². The number of nitrogens with one attached hydrogen (secondary N) is 2. The predicted octanol–water partition coefficient (Wildman–Crippen LogP) is -1.06. The summed E-state index contributed by atoms with van der Waals surface area (Å²) in [6.45, 7) is 1.45. The number of carbonyl (C=O) groups is 2. The van der Waals surface area contributed by atoms with Gasteiger partial charge in [0.05, 0.1) is 7.11 Å². The van der Waals surface area contributed by atoms with Crippen molar-refractivity contribution in [2.75, 3.05) is 20.7 Å². The summed E-state index contributed by atoms with van der Waals surface area (Å²) in [4.78, 5) is 51.2. The molecule has 0 unspecified atom stereocenters. The van der Waals surface area contributed by atoms with Gasteiger partial charge in [0, 0.05) is 24.7 Å². The molecule has 0 aliphatic heterocycles. The van der Waals surface area contributed by atoms with Crippen LogP contribution in [0.15, 0.2) is 9.59 Å². The van der Waals surface area contributed by atoms with Crippen molar-refractivity contribution < 1.29 is 14.3 Å². The van der Waals surface area contributed by atoms with Gasteiger partial charge in [0.25, 0.3) is 5.56 Å².